The summed E-state index contributed by atoms with van der Waals surface area (Å²) in [6.45, 7) is 6.94. The van der Waals surface area contributed by atoms with Crippen molar-refractivity contribution in [2.75, 3.05) is 40.9 Å². The molecule has 1 amide bonds. The third-order valence-corrected chi connectivity index (χ3v) is 17.6. The van der Waals surface area contributed by atoms with Gasteiger partial charge in [0.2, 0.25) is 5.91 Å². The van der Waals surface area contributed by atoms with Gasteiger partial charge in [-0.25, -0.2) is 4.57 Å². The van der Waals surface area contributed by atoms with Crippen LogP contribution in [0.5, 0.6) is 0 Å². The van der Waals surface area contributed by atoms with Crippen LogP contribution >= 0.6 is 7.82 Å². The monoisotopic (exact) mass is 1240 g/mol. The van der Waals surface area contributed by atoms with Crippen LogP contribution in [-0.2, 0) is 27.9 Å². The predicted molar refractivity (Wildman–Crippen MR) is 378 cm³/mol. The van der Waals surface area contributed by atoms with Crippen molar-refractivity contribution in [2.45, 2.75) is 367 Å². The molecule has 0 aromatic carbocycles. The Kier molecular flexibility index (Phi) is 64.4. The molecule has 3 unspecified atom stereocenters. The molecule has 0 aromatic heterocycles. The van der Waals surface area contributed by atoms with Crippen LogP contribution in [0.3, 0.4) is 0 Å². The number of carbonyl (C=O) groups is 2. The van der Waals surface area contributed by atoms with Crippen molar-refractivity contribution in [3.05, 3.63) is 72.9 Å². The van der Waals surface area contributed by atoms with Gasteiger partial charge in [-0.3, -0.25) is 18.6 Å². The number of rotatable bonds is 68. The maximum atomic E-state index is 13.6. The average Bonchev–Trinajstić information content (AvgIpc) is 3.70. The zero-order valence-corrected chi connectivity index (χ0v) is 59.2. The molecule has 0 fully saturated rings. The van der Waals surface area contributed by atoms with Crippen LogP contribution in [-0.4, -0.2) is 74.3 Å². The van der Waals surface area contributed by atoms with E-state index in [-0.39, 0.29) is 31.5 Å². The van der Waals surface area contributed by atoms with Crippen molar-refractivity contribution in [2.24, 2.45) is 0 Å². The van der Waals surface area contributed by atoms with Crippen LogP contribution < -0.4 is 5.32 Å². The van der Waals surface area contributed by atoms with Crippen LogP contribution in [0.15, 0.2) is 72.9 Å². The molecule has 0 bridgehead atoms. The van der Waals surface area contributed by atoms with Crippen LogP contribution in [0.2, 0.25) is 0 Å². The first-order valence-electron chi connectivity index (χ1n) is 37.3. The minimum atomic E-state index is -4.46. The van der Waals surface area contributed by atoms with Gasteiger partial charge >= 0.3 is 13.8 Å². The molecule has 0 aliphatic carbocycles. The Morgan fingerprint density at radius 2 is 0.736 bits per heavy atom. The first-order chi connectivity index (χ1) is 42.4. The molecule has 3 atom stereocenters. The van der Waals surface area contributed by atoms with E-state index in [0.717, 1.165) is 103 Å². The van der Waals surface area contributed by atoms with Crippen molar-refractivity contribution in [3.63, 3.8) is 0 Å². The van der Waals surface area contributed by atoms with Gasteiger partial charge in [-0.1, -0.05) is 338 Å². The Balaban J connectivity index is 4.96. The Morgan fingerprint density at radius 1 is 0.414 bits per heavy atom. The average molecular weight is 1240 g/mol. The highest BCUT2D eigenvalue weighted by Gasteiger charge is 2.30. The highest BCUT2D eigenvalue weighted by atomic mass is 31.2. The summed E-state index contributed by atoms with van der Waals surface area (Å²) in [6, 6.07) is -0.852. The maximum Gasteiger partial charge on any atom is 0.472 e. The third-order valence-electron chi connectivity index (χ3n) is 16.7. The molecular weight excluding hydrogens is 1100 g/mol. The number of nitrogens with one attached hydrogen (secondary N) is 1. The van der Waals surface area contributed by atoms with Gasteiger partial charge in [0.25, 0.3) is 0 Å². The van der Waals surface area contributed by atoms with E-state index in [9.17, 15) is 19.0 Å². The first-order valence-corrected chi connectivity index (χ1v) is 38.8. The lowest BCUT2D eigenvalue weighted by Gasteiger charge is -2.27. The standard InChI is InChI=1S/C77H143N2O7P/c1-7-10-13-16-19-22-25-27-29-31-33-35-37-39-41-43-45-47-49-51-54-57-60-63-66-69-76(80)78-74(73-85-87(82,83)84-72-71-79(4,5)6)75(68-65-62-59-56-53-24-21-18-15-12-9-3)86-77(81)70-67-64-61-58-55-52-50-48-46-44-42-40-38-36-34-32-30-28-26-23-20-17-14-11-8-2/h11,14,20,23,28,30,34,36,40,42,65,68,74-75H,7-10,12-13,15-19,21-22,24-27,29,31-33,35,37-39,41,43-64,66-67,69-73H2,1-6H3,(H-,78,80,82,83)/p+1/b14-11-,23-20-,30-28-,36-34-,42-40-,68-65+. The summed E-state index contributed by atoms with van der Waals surface area (Å²) in [4.78, 5) is 37.9. The van der Waals surface area contributed by atoms with Crippen molar-refractivity contribution in [1.29, 1.82) is 0 Å². The highest BCUT2D eigenvalue weighted by molar-refractivity contribution is 7.47. The number of esters is 1. The molecule has 508 valence electrons. The summed E-state index contributed by atoms with van der Waals surface area (Å²) in [5, 5.41) is 3.08. The Bertz CT molecular complexity index is 1720. The predicted octanol–water partition coefficient (Wildman–Crippen LogP) is 23.9. The van der Waals surface area contributed by atoms with E-state index in [1.165, 1.54) is 218 Å². The van der Waals surface area contributed by atoms with Crippen LogP contribution in [0.25, 0.3) is 0 Å². The Morgan fingerprint density at radius 3 is 1.10 bits per heavy atom. The van der Waals surface area contributed by atoms with Crippen LogP contribution in [0, 0.1) is 0 Å². The number of unbranched alkanes of at least 4 members (excludes halogenated alkanes) is 42. The number of likely N-dealkylation sites (N-methyl/N-ethyl adjacent to an activating group) is 1. The summed E-state index contributed by atoms with van der Waals surface area (Å²) in [7, 11) is 1.50. The van der Waals surface area contributed by atoms with Crippen LogP contribution in [0.4, 0.5) is 0 Å². The zero-order valence-electron chi connectivity index (χ0n) is 58.3. The fourth-order valence-corrected chi connectivity index (χ4v) is 11.7. The Hall–Kier alpha value is -2.55. The number of ether oxygens (including phenoxy) is 1. The fraction of sp³-hybridized carbons (Fsp3) is 0.818. The van der Waals surface area contributed by atoms with E-state index in [2.05, 4.69) is 86.8 Å². The first kappa shape index (κ1) is 84.5. The molecule has 2 N–H and O–H groups in total. The quantitative estimate of drug-likeness (QED) is 0.0205. The van der Waals surface area contributed by atoms with Crippen molar-refractivity contribution >= 4 is 19.7 Å². The molecule has 10 heteroatoms. The number of quaternary nitrogens is 1. The molecule has 0 rings (SSSR count). The molecule has 0 saturated heterocycles. The fourth-order valence-electron chi connectivity index (χ4n) is 11.0. The number of hydrogen-bond donors (Lipinski definition) is 2. The Labute approximate surface area is 540 Å². The second-order valence-corrected chi connectivity index (χ2v) is 27.9. The molecule has 0 aliphatic heterocycles. The number of allylic oxidation sites excluding steroid dienone is 11. The van der Waals surface area contributed by atoms with E-state index >= 15 is 0 Å². The highest BCUT2D eigenvalue weighted by Crippen LogP contribution is 2.43. The third kappa shape index (κ3) is 67.7. The lowest BCUT2D eigenvalue weighted by Crippen LogP contribution is -2.47. The molecular formula is C77H144N2O7P+. The zero-order chi connectivity index (χ0) is 63.5. The minimum absolute atomic E-state index is 0.0391. The topological polar surface area (TPSA) is 111 Å². The SMILES string of the molecule is CC/C=C\C/C=C\C/C=C\C/C=C\C/C=C\CCCCCCCCCCCC(=O)OC(/C=C/CCCCCCCCCCC)C(COP(=O)(O)OCC[N+](C)(C)C)NC(=O)CCCCCCCCCCCCCCCCCCCCCCCCCCC. The number of carbonyl (C=O) groups excluding carboxylic acids is 2. The number of phosphoric acid groups is 1. The second-order valence-electron chi connectivity index (χ2n) is 26.4. The summed E-state index contributed by atoms with van der Waals surface area (Å²) >= 11 is 0. The normalized spacial score (nSPS) is 13.9. The molecule has 0 heterocycles. The maximum absolute atomic E-state index is 13.6. The summed E-state index contributed by atoms with van der Waals surface area (Å²) < 4.78 is 30.9. The second kappa shape index (κ2) is 66.4. The molecule has 0 aromatic rings. The molecule has 0 aliphatic rings. The number of amides is 1. The number of hydrogen-bond acceptors (Lipinski definition) is 6. The van der Waals surface area contributed by atoms with Gasteiger partial charge in [0.05, 0.1) is 33.8 Å². The van der Waals surface area contributed by atoms with Crippen LogP contribution in [0.1, 0.15) is 355 Å². The van der Waals surface area contributed by atoms with Gasteiger partial charge in [0, 0.05) is 12.8 Å². The van der Waals surface area contributed by atoms with E-state index in [0.29, 0.717) is 17.4 Å². The van der Waals surface area contributed by atoms with Gasteiger partial charge in [-0.15, -0.1) is 0 Å². The van der Waals surface area contributed by atoms with Gasteiger partial charge in [-0.05, 0) is 76.7 Å². The lowest BCUT2D eigenvalue weighted by molar-refractivity contribution is -0.870. The number of phosphoric ester groups is 1. The molecule has 87 heavy (non-hydrogen) atoms. The van der Waals surface area contributed by atoms with Gasteiger partial charge < -0.3 is 19.4 Å². The molecule has 0 radical (unpaired) electrons. The van der Waals surface area contributed by atoms with E-state index in [1.54, 1.807) is 0 Å². The van der Waals surface area contributed by atoms with Gasteiger partial charge in [0.15, 0.2) is 0 Å². The number of nitrogens with zero attached hydrogens (tertiary/aromatic N) is 1. The summed E-state index contributed by atoms with van der Waals surface area (Å²) in [5.41, 5.74) is 0. The molecule has 0 spiro atoms. The van der Waals surface area contributed by atoms with Crippen molar-refractivity contribution < 1.29 is 37.3 Å². The van der Waals surface area contributed by atoms with Crippen molar-refractivity contribution in [1.82, 2.24) is 5.32 Å². The van der Waals surface area contributed by atoms with Gasteiger partial charge in [-0.2, -0.15) is 0 Å². The molecule has 0 saturated carbocycles. The summed E-state index contributed by atoms with van der Waals surface area (Å²) in [5.74, 6) is -0.499. The lowest BCUT2D eigenvalue weighted by atomic mass is 10.0. The minimum Gasteiger partial charge on any atom is -0.456 e. The summed E-state index contributed by atoms with van der Waals surface area (Å²) in [6.07, 6.45) is 87.9. The molecule has 9 nitrogen and oxygen atoms in total. The van der Waals surface area contributed by atoms with Gasteiger partial charge in [0.1, 0.15) is 19.3 Å². The van der Waals surface area contributed by atoms with E-state index < -0.39 is 20.0 Å². The largest absolute Gasteiger partial charge is 0.472 e. The smallest absolute Gasteiger partial charge is 0.456 e. The van der Waals surface area contributed by atoms with E-state index in [1.807, 2.05) is 33.3 Å². The van der Waals surface area contributed by atoms with Crippen molar-refractivity contribution in [3.8, 4) is 0 Å². The van der Waals surface area contributed by atoms with E-state index in [4.69, 9.17) is 13.8 Å².